The first-order valence-electron chi connectivity index (χ1n) is 9.56. The van der Waals surface area contributed by atoms with Gasteiger partial charge in [-0.15, -0.1) is 0 Å². The SMILES string of the molecule is C=C1C=C(c2ccc(N(C)C)cc2)N=C2C(F)=CC(N3CCNC(C)C3)=CN12. The molecule has 1 N–H and O–H groups in total. The van der Waals surface area contributed by atoms with Crippen molar-refractivity contribution in [2.75, 3.05) is 38.6 Å². The van der Waals surface area contributed by atoms with Crippen LogP contribution in [-0.4, -0.2) is 55.4 Å². The summed E-state index contributed by atoms with van der Waals surface area (Å²) < 4.78 is 15.0. The Balaban J connectivity index is 1.61. The smallest absolute Gasteiger partial charge is 0.174 e. The highest BCUT2D eigenvalue weighted by atomic mass is 19.1. The van der Waals surface area contributed by atoms with Crippen LogP contribution in [-0.2, 0) is 0 Å². The van der Waals surface area contributed by atoms with E-state index in [9.17, 15) is 4.39 Å². The monoisotopic (exact) mass is 379 g/mol. The standard InChI is InChI=1S/C22H26FN5/c1-15-13-27(10-9-24-15)19-12-20(23)22-25-21(11-16(2)28(22)14-19)17-5-7-18(8-6-17)26(3)4/h5-8,11-12,14-15,24H,2,9-10,13H2,1,3-4H3. The van der Waals surface area contributed by atoms with Gasteiger partial charge in [0.05, 0.1) is 11.4 Å². The van der Waals surface area contributed by atoms with E-state index in [0.717, 1.165) is 42.3 Å². The molecule has 0 radical (unpaired) electrons. The zero-order valence-corrected chi connectivity index (χ0v) is 16.6. The highest BCUT2D eigenvalue weighted by molar-refractivity contribution is 6.04. The zero-order chi connectivity index (χ0) is 19.8. The van der Waals surface area contributed by atoms with Crippen molar-refractivity contribution >= 4 is 17.2 Å². The molecule has 1 fully saturated rings. The number of rotatable bonds is 3. The molecule has 0 saturated carbocycles. The third-order valence-corrected chi connectivity index (χ3v) is 5.23. The van der Waals surface area contributed by atoms with Gasteiger partial charge in [0, 0.05) is 69.0 Å². The third kappa shape index (κ3) is 3.47. The molecule has 6 heteroatoms. The van der Waals surface area contributed by atoms with Gasteiger partial charge in [-0.25, -0.2) is 9.38 Å². The molecule has 0 bridgehead atoms. The van der Waals surface area contributed by atoms with Gasteiger partial charge >= 0.3 is 0 Å². The summed E-state index contributed by atoms with van der Waals surface area (Å²) in [5, 5.41) is 3.41. The lowest BCUT2D eigenvalue weighted by Gasteiger charge is -2.37. The molecule has 1 aromatic rings. The molecule has 1 unspecified atom stereocenters. The van der Waals surface area contributed by atoms with Gasteiger partial charge in [0.15, 0.2) is 11.7 Å². The topological polar surface area (TPSA) is 34.1 Å². The van der Waals surface area contributed by atoms with Gasteiger partial charge in [-0.2, -0.15) is 0 Å². The maximum atomic E-state index is 15.0. The maximum absolute atomic E-state index is 15.0. The van der Waals surface area contributed by atoms with E-state index in [1.807, 2.05) is 55.5 Å². The second-order valence-corrected chi connectivity index (χ2v) is 7.62. The van der Waals surface area contributed by atoms with Crippen LogP contribution in [0.25, 0.3) is 5.70 Å². The van der Waals surface area contributed by atoms with Crippen LogP contribution in [0, 0.1) is 0 Å². The van der Waals surface area contributed by atoms with Crippen LogP contribution >= 0.6 is 0 Å². The Morgan fingerprint density at radius 1 is 1.21 bits per heavy atom. The molecule has 5 nitrogen and oxygen atoms in total. The fraction of sp³-hybridized carbons (Fsp3) is 0.318. The molecule has 1 saturated heterocycles. The van der Waals surface area contributed by atoms with Gasteiger partial charge in [-0.1, -0.05) is 18.7 Å². The van der Waals surface area contributed by atoms with E-state index in [2.05, 4.69) is 28.7 Å². The Bertz CT molecular complexity index is 907. The lowest BCUT2D eigenvalue weighted by atomic mass is 10.1. The highest BCUT2D eigenvalue weighted by Gasteiger charge is 2.28. The van der Waals surface area contributed by atoms with E-state index in [4.69, 9.17) is 0 Å². The third-order valence-electron chi connectivity index (χ3n) is 5.23. The second-order valence-electron chi connectivity index (χ2n) is 7.62. The molecule has 0 aromatic heterocycles. The Kier molecular flexibility index (Phi) is 4.81. The van der Waals surface area contributed by atoms with Crippen molar-refractivity contribution in [1.29, 1.82) is 0 Å². The number of hydrogen-bond acceptors (Lipinski definition) is 5. The number of nitrogens with zero attached hydrogens (tertiary/aromatic N) is 4. The summed E-state index contributed by atoms with van der Waals surface area (Å²) in [5.74, 6) is -0.0357. The van der Waals surface area contributed by atoms with E-state index in [0.29, 0.717) is 17.6 Å². The largest absolute Gasteiger partial charge is 0.378 e. The molecule has 1 aromatic carbocycles. The number of aliphatic imine (C=N–C) groups is 1. The Morgan fingerprint density at radius 3 is 2.64 bits per heavy atom. The number of piperazine rings is 1. The van der Waals surface area contributed by atoms with Crippen LogP contribution in [0.2, 0.25) is 0 Å². The van der Waals surface area contributed by atoms with Gasteiger partial charge in [-0.3, -0.25) is 4.90 Å². The van der Waals surface area contributed by atoms with E-state index in [1.165, 1.54) is 0 Å². The van der Waals surface area contributed by atoms with Gasteiger partial charge < -0.3 is 15.1 Å². The Hall–Kier alpha value is -2.86. The number of allylic oxidation sites excluding steroid dienone is 2. The molecule has 4 rings (SSSR count). The quantitative estimate of drug-likeness (QED) is 0.874. The minimum Gasteiger partial charge on any atom is -0.378 e. The van der Waals surface area contributed by atoms with Gasteiger partial charge in [-0.05, 0) is 25.1 Å². The van der Waals surface area contributed by atoms with Crippen molar-refractivity contribution in [3.8, 4) is 0 Å². The predicted molar refractivity (Wildman–Crippen MR) is 113 cm³/mol. The van der Waals surface area contributed by atoms with Crippen LogP contribution in [0.4, 0.5) is 10.1 Å². The van der Waals surface area contributed by atoms with E-state index < -0.39 is 0 Å². The summed E-state index contributed by atoms with van der Waals surface area (Å²) in [6.07, 6.45) is 5.42. The van der Waals surface area contributed by atoms with Gasteiger partial charge in [0.1, 0.15) is 0 Å². The summed E-state index contributed by atoms with van der Waals surface area (Å²) in [5.41, 5.74) is 4.34. The fourth-order valence-corrected chi connectivity index (χ4v) is 3.66. The summed E-state index contributed by atoms with van der Waals surface area (Å²) in [6.45, 7) is 8.87. The normalized spacial score (nSPS) is 22.1. The van der Waals surface area contributed by atoms with Crippen LogP contribution in [0.1, 0.15) is 12.5 Å². The first-order chi connectivity index (χ1) is 13.4. The molecule has 0 spiro atoms. The summed E-state index contributed by atoms with van der Waals surface area (Å²) >= 11 is 0. The minimum absolute atomic E-state index is 0.297. The molecule has 3 heterocycles. The first-order valence-corrected chi connectivity index (χ1v) is 9.56. The molecular formula is C22H26FN5. The van der Waals surface area contributed by atoms with Crippen molar-refractivity contribution in [1.82, 2.24) is 15.1 Å². The highest BCUT2D eigenvalue weighted by Crippen LogP contribution is 2.32. The van der Waals surface area contributed by atoms with E-state index in [-0.39, 0.29) is 5.83 Å². The molecule has 3 aliphatic heterocycles. The van der Waals surface area contributed by atoms with E-state index in [1.54, 1.807) is 11.0 Å². The van der Waals surface area contributed by atoms with Crippen LogP contribution in [0.15, 0.2) is 71.4 Å². The van der Waals surface area contributed by atoms with Crippen molar-refractivity contribution in [3.63, 3.8) is 0 Å². The van der Waals surface area contributed by atoms with Crippen molar-refractivity contribution in [2.45, 2.75) is 13.0 Å². The molecular weight excluding hydrogens is 353 g/mol. The molecule has 28 heavy (non-hydrogen) atoms. The van der Waals surface area contributed by atoms with Crippen LogP contribution in [0.3, 0.4) is 0 Å². The average molecular weight is 379 g/mol. The molecule has 146 valence electrons. The van der Waals surface area contributed by atoms with E-state index >= 15 is 0 Å². The summed E-state index contributed by atoms with van der Waals surface area (Å²) in [7, 11) is 4.00. The number of nitrogens with one attached hydrogen (secondary N) is 1. The van der Waals surface area contributed by atoms with Crippen molar-refractivity contribution < 1.29 is 4.39 Å². The second kappa shape index (κ2) is 7.28. The average Bonchev–Trinajstić information content (AvgIpc) is 2.68. The fourth-order valence-electron chi connectivity index (χ4n) is 3.66. The minimum atomic E-state index is -0.333. The Labute approximate surface area is 165 Å². The van der Waals surface area contributed by atoms with Gasteiger partial charge in [0.2, 0.25) is 0 Å². The van der Waals surface area contributed by atoms with Crippen LogP contribution in [0.5, 0.6) is 0 Å². The molecule has 0 aliphatic carbocycles. The predicted octanol–water partition coefficient (Wildman–Crippen LogP) is 3.32. The molecule has 1 atom stereocenters. The number of anilines is 1. The lowest BCUT2D eigenvalue weighted by Crippen LogP contribution is -2.49. The number of benzene rings is 1. The van der Waals surface area contributed by atoms with Gasteiger partial charge in [0.25, 0.3) is 0 Å². The number of fused-ring (bicyclic) bond motifs is 1. The number of amidine groups is 1. The maximum Gasteiger partial charge on any atom is 0.174 e. The zero-order valence-electron chi connectivity index (χ0n) is 16.6. The number of hydrogen-bond donors (Lipinski definition) is 1. The first kappa shape index (κ1) is 18.5. The summed E-state index contributed by atoms with van der Waals surface area (Å²) in [4.78, 5) is 10.6. The molecule has 0 amide bonds. The number of halogens is 1. The lowest BCUT2D eigenvalue weighted by molar-refractivity contribution is 0.258. The molecule has 3 aliphatic rings. The Morgan fingerprint density at radius 2 is 1.96 bits per heavy atom. The van der Waals surface area contributed by atoms with Crippen molar-refractivity contribution in [3.05, 3.63) is 72.0 Å². The van der Waals surface area contributed by atoms with Crippen molar-refractivity contribution in [2.24, 2.45) is 4.99 Å². The summed E-state index contributed by atoms with van der Waals surface area (Å²) in [6, 6.07) is 8.44. The van der Waals surface area contributed by atoms with Crippen LogP contribution < -0.4 is 10.2 Å².